The maximum atomic E-state index is 12.3. The summed E-state index contributed by atoms with van der Waals surface area (Å²) in [5, 5.41) is 5.29. The zero-order chi connectivity index (χ0) is 14.3. The van der Waals surface area contributed by atoms with Crippen molar-refractivity contribution in [3.05, 3.63) is 47.4 Å². The van der Waals surface area contributed by atoms with Gasteiger partial charge in [-0.1, -0.05) is 6.07 Å². The topological polar surface area (TPSA) is 76.7 Å². The molecule has 0 aliphatic heterocycles. The van der Waals surface area contributed by atoms with Gasteiger partial charge in [0, 0.05) is 11.7 Å². The summed E-state index contributed by atoms with van der Waals surface area (Å²) in [6, 6.07) is 7.93. The first kappa shape index (κ1) is 12.5. The highest BCUT2D eigenvalue weighted by Crippen LogP contribution is 2.17. The second kappa shape index (κ2) is 4.52. The molecule has 0 unspecified atom stereocenters. The van der Waals surface area contributed by atoms with Crippen molar-refractivity contribution in [1.82, 2.24) is 14.8 Å². The van der Waals surface area contributed by atoms with Crippen LogP contribution in [-0.2, 0) is 6.42 Å². The van der Waals surface area contributed by atoms with Crippen LogP contribution in [0, 0.1) is 13.8 Å². The van der Waals surface area contributed by atoms with Crippen LogP contribution >= 0.6 is 0 Å². The van der Waals surface area contributed by atoms with Crippen molar-refractivity contribution in [2.75, 3.05) is 5.73 Å². The fourth-order valence-corrected chi connectivity index (χ4v) is 2.36. The highest BCUT2D eigenvalue weighted by molar-refractivity contribution is 5.85. The molecule has 102 valence electrons. The van der Waals surface area contributed by atoms with Gasteiger partial charge in [-0.05, 0) is 43.0 Å². The van der Waals surface area contributed by atoms with E-state index in [1.807, 2.05) is 37.4 Å². The van der Waals surface area contributed by atoms with E-state index < -0.39 is 0 Å². The summed E-state index contributed by atoms with van der Waals surface area (Å²) in [6.07, 6.45) is 2.19. The van der Waals surface area contributed by atoms with Crippen molar-refractivity contribution in [3.8, 4) is 0 Å². The predicted molar refractivity (Wildman–Crippen MR) is 78.7 cm³/mol. The lowest BCUT2D eigenvalue weighted by Gasteiger charge is -2.04. The number of aryl methyl sites for hydroxylation is 1. The molecule has 0 aliphatic carbocycles. The number of nitrogens with zero attached hydrogens (tertiary/aromatic N) is 2. The third kappa shape index (κ3) is 1.97. The SMILES string of the molecule is Cc1nn(C(=O)Cc2ccc3[nH]ccc3c2)c(C)c1N. The van der Waals surface area contributed by atoms with Crippen molar-refractivity contribution in [2.45, 2.75) is 20.3 Å². The van der Waals surface area contributed by atoms with E-state index in [1.54, 1.807) is 6.92 Å². The number of rotatable bonds is 2. The van der Waals surface area contributed by atoms with Gasteiger partial charge in [0.15, 0.2) is 0 Å². The molecule has 0 saturated heterocycles. The van der Waals surface area contributed by atoms with Crippen molar-refractivity contribution < 1.29 is 4.79 Å². The first-order valence-electron chi connectivity index (χ1n) is 6.47. The van der Waals surface area contributed by atoms with Crippen molar-refractivity contribution >= 4 is 22.5 Å². The Hall–Kier alpha value is -2.56. The number of nitrogens with two attached hydrogens (primary N) is 1. The van der Waals surface area contributed by atoms with E-state index in [2.05, 4.69) is 10.1 Å². The zero-order valence-electron chi connectivity index (χ0n) is 11.5. The van der Waals surface area contributed by atoms with Gasteiger partial charge in [-0.3, -0.25) is 4.79 Å². The molecule has 0 aliphatic rings. The maximum absolute atomic E-state index is 12.3. The number of benzene rings is 1. The summed E-state index contributed by atoms with van der Waals surface area (Å²) in [6.45, 7) is 3.61. The lowest BCUT2D eigenvalue weighted by molar-refractivity contribution is 0.0895. The summed E-state index contributed by atoms with van der Waals surface area (Å²) < 4.78 is 1.39. The molecule has 0 saturated carbocycles. The summed E-state index contributed by atoms with van der Waals surface area (Å²) in [5.74, 6) is -0.0721. The molecule has 2 heterocycles. The molecule has 0 amide bonds. The van der Waals surface area contributed by atoms with Gasteiger partial charge >= 0.3 is 0 Å². The molecule has 5 heteroatoms. The van der Waals surface area contributed by atoms with Crippen LogP contribution in [0.1, 0.15) is 21.7 Å². The minimum Gasteiger partial charge on any atom is -0.396 e. The zero-order valence-corrected chi connectivity index (χ0v) is 11.5. The Kier molecular flexibility index (Phi) is 2.82. The fraction of sp³-hybridized carbons (Fsp3) is 0.200. The molecule has 3 aromatic rings. The third-order valence-corrected chi connectivity index (χ3v) is 3.56. The average molecular weight is 268 g/mol. The van der Waals surface area contributed by atoms with Crippen LogP contribution < -0.4 is 5.73 Å². The highest BCUT2D eigenvalue weighted by Gasteiger charge is 2.15. The van der Waals surface area contributed by atoms with E-state index >= 15 is 0 Å². The van der Waals surface area contributed by atoms with E-state index in [4.69, 9.17) is 5.73 Å². The van der Waals surface area contributed by atoms with E-state index in [0.717, 1.165) is 16.5 Å². The number of H-pyrrole nitrogens is 1. The number of aromatic nitrogens is 3. The Bertz CT molecular complexity index is 797. The smallest absolute Gasteiger partial charge is 0.251 e. The number of hydrogen-bond donors (Lipinski definition) is 2. The van der Waals surface area contributed by atoms with Gasteiger partial charge in [-0.15, -0.1) is 0 Å². The summed E-state index contributed by atoms with van der Waals surface area (Å²) >= 11 is 0. The number of fused-ring (bicyclic) bond motifs is 1. The summed E-state index contributed by atoms with van der Waals surface area (Å²) in [7, 11) is 0. The molecule has 3 rings (SSSR count). The van der Waals surface area contributed by atoms with Gasteiger partial charge in [0.1, 0.15) is 0 Å². The second-order valence-electron chi connectivity index (χ2n) is 4.97. The third-order valence-electron chi connectivity index (χ3n) is 3.56. The van der Waals surface area contributed by atoms with Crippen LogP contribution in [0.2, 0.25) is 0 Å². The second-order valence-corrected chi connectivity index (χ2v) is 4.97. The van der Waals surface area contributed by atoms with Crippen molar-refractivity contribution in [2.24, 2.45) is 0 Å². The van der Waals surface area contributed by atoms with E-state index in [1.165, 1.54) is 4.68 Å². The Morgan fingerprint density at radius 1 is 1.35 bits per heavy atom. The van der Waals surface area contributed by atoms with Crippen molar-refractivity contribution in [1.29, 1.82) is 0 Å². The molecule has 0 fully saturated rings. The van der Waals surface area contributed by atoms with Gasteiger partial charge in [0.25, 0.3) is 5.91 Å². The summed E-state index contributed by atoms with van der Waals surface area (Å²) in [5.41, 5.74) is 9.87. The van der Waals surface area contributed by atoms with Crippen LogP contribution in [0.5, 0.6) is 0 Å². The number of nitrogens with one attached hydrogen (secondary N) is 1. The van der Waals surface area contributed by atoms with Crippen LogP contribution in [0.15, 0.2) is 30.5 Å². The highest BCUT2D eigenvalue weighted by atomic mass is 16.2. The lowest BCUT2D eigenvalue weighted by atomic mass is 10.1. The summed E-state index contributed by atoms with van der Waals surface area (Å²) in [4.78, 5) is 15.4. The number of carbonyl (C=O) groups excluding carboxylic acids is 1. The van der Waals surface area contributed by atoms with Gasteiger partial charge in [-0.2, -0.15) is 5.10 Å². The minimum absolute atomic E-state index is 0.0721. The molecule has 3 N–H and O–H groups in total. The molecule has 0 bridgehead atoms. The number of anilines is 1. The van der Waals surface area contributed by atoms with Gasteiger partial charge in [0.2, 0.25) is 0 Å². The van der Waals surface area contributed by atoms with E-state index in [0.29, 0.717) is 23.5 Å². The van der Waals surface area contributed by atoms with Crippen LogP contribution in [-0.4, -0.2) is 20.7 Å². The van der Waals surface area contributed by atoms with E-state index in [-0.39, 0.29) is 5.91 Å². The van der Waals surface area contributed by atoms with Gasteiger partial charge in [-0.25, -0.2) is 4.68 Å². The predicted octanol–water partition coefficient (Wildman–Crippen LogP) is 2.45. The number of nitrogen functional groups attached to an aromatic ring is 1. The Morgan fingerprint density at radius 2 is 2.15 bits per heavy atom. The molecular formula is C15H16N4O. The van der Waals surface area contributed by atoms with Gasteiger partial charge < -0.3 is 10.7 Å². The van der Waals surface area contributed by atoms with Gasteiger partial charge in [0.05, 0.1) is 23.5 Å². The molecular weight excluding hydrogens is 252 g/mol. The molecule has 0 radical (unpaired) electrons. The van der Waals surface area contributed by atoms with E-state index in [9.17, 15) is 4.79 Å². The van der Waals surface area contributed by atoms with Crippen molar-refractivity contribution in [3.63, 3.8) is 0 Å². The normalized spacial score (nSPS) is 11.1. The Balaban J connectivity index is 1.89. The number of aromatic amines is 1. The molecule has 0 spiro atoms. The van der Waals surface area contributed by atoms with Crippen LogP contribution in [0.4, 0.5) is 5.69 Å². The van der Waals surface area contributed by atoms with Crippen LogP contribution in [0.3, 0.4) is 0 Å². The molecule has 2 aromatic heterocycles. The Labute approximate surface area is 116 Å². The molecule has 1 aromatic carbocycles. The molecule has 20 heavy (non-hydrogen) atoms. The first-order valence-corrected chi connectivity index (χ1v) is 6.47. The first-order chi connectivity index (χ1) is 9.56. The Morgan fingerprint density at radius 3 is 2.85 bits per heavy atom. The molecule has 0 atom stereocenters. The number of carbonyl (C=O) groups is 1. The quantitative estimate of drug-likeness (QED) is 0.749. The largest absolute Gasteiger partial charge is 0.396 e. The lowest BCUT2D eigenvalue weighted by Crippen LogP contribution is -2.16. The maximum Gasteiger partial charge on any atom is 0.251 e. The average Bonchev–Trinajstić information content (AvgIpc) is 2.98. The molecule has 5 nitrogen and oxygen atoms in total. The fourth-order valence-electron chi connectivity index (χ4n) is 2.36. The monoisotopic (exact) mass is 268 g/mol. The minimum atomic E-state index is -0.0721. The van der Waals surface area contributed by atoms with Crippen LogP contribution in [0.25, 0.3) is 10.9 Å². The standard InChI is InChI=1S/C15H16N4O/c1-9-15(16)10(2)19(18-9)14(20)8-11-3-4-13-12(7-11)5-6-17-13/h3-7,17H,8,16H2,1-2H3. The number of hydrogen-bond acceptors (Lipinski definition) is 3.